The van der Waals surface area contributed by atoms with E-state index in [4.69, 9.17) is 4.74 Å². The summed E-state index contributed by atoms with van der Waals surface area (Å²) < 4.78 is 5.51. The van der Waals surface area contributed by atoms with Gasteiger partial charge in [0.2, 0.25) is 0 Å². The first-order valence-electron chi connectivity index (χ1n) is 5.47. The molecule has 0 saturated carbocycles. The highest BCUT2D eigenvalue weighted by Crippen LogP contribution is 2.05. The number of Topliss-reactive ketones (excluding diaryl/α,β-unsaturated/α-hetero) is 1. The van der Waals surface area contributed by atoms with Crippen LogP contribution in [0.15, 0.2) is 30.3 Å². The molecule has 0 radical (unpaired) electrons. The topological polar surface area (TPSA) is 26.3 Å². The zero-order valence-electron chi connectivity index (χ0n) is 9.40. The third-order valence-corrected chi connectivity index (χ3v) is 2.46. The summed E-state index contributed by atoms with van der Waals surface area (Å²) in [4.78, 5) is 11.7. The second-order valence-corrected chi connectivity index (χ2v) is 3.54. The number of benzene rings is 1. The fourth-order valence-corrected chi connectivity index (χ4v) is 1.43. The van der Waals surface area contributed by atoms with Gasteiger partial charge in [0.25, 0.3) is 0 Å². The summed E-state index contributed by atoms with van der Waals surface area (Å²) in [5, 5.41) is 0. The van der Waals surface area contributed by atoms with Gasteiger partial charge >= 0.3 is 0 Å². The molecule has 0 aliphatic carbocycles. The molecule has 15 heavy (non-hydrogen) atoms. The Morgan fingerprint density at radius 3 is 2.33 bits per heavy atom. The molecule has 0 fully saturated rings. The van der Waals surface area contributed by atoms with E-state index in [0.29, 0.717) is 0 Å². The zero-order chi connectivity index (χ0) is 11.1. The Labute approximate surface area is 91.3 Å². The van der Waals surface area contributed by atoms with E-state index in [1.807, 2.05) is 30.3 Å². The van der Waals surface area contributed by atoms with Crippen LogP contribution >= 0.6 is 0 Å². The Hall–Kier alpha value is -1.15. The highest BCUT2D eigenvalue weighted by atomic mass is 16.5. The number of carbonyl (C=O) groups is 1. The number of hydrogen-bond donors (Lipinski definition) is 0. The Bertz CT molecular complexity index is 289. The molecule has 1 aromatic carbocycles. The van der Waals surface area contributed by atoms with Gasteiger partial charge in [-0.3, -0.25) is 4.79 Å². The van der Waals surface area contributed by atoms with Crippen LogP contribution in [-0.2, 0) is 4.74 Å². The Kier molecular flexibility index (Phi) is 5.05. The number of ketones is 1. The van der Waals surface area contributed by atoms with E-state index in [-0.39, 0.29) is 18.5 Å². The lowest BCUT2D eigenvalue weighted by atomic mass is 10.1. The van der Waals surface area contributed by atoms with E-state index >= 15 is 0 Å². The second kappa shape index (κ2) is 6.36. The SMILES string of the molecule is CCC(CC)OCC(=O)c1ccccc1. The summed E-state index contributed by atoms with van der Waals surface area (Å²) in [6, 6.07) is 9.27. The highest BCUT2D eigenvalue weighted by molar-refractivity contribution is 5.96. The van der Waals surface area contributed by atoms with E-state index in [2.05, 4.69) is 13.8 Å². The van der Waals surface area contributed by atoms with Gasteiger partial charge in [-0.1, -0.05) is 44.2 Å². The standard InChI is InChI=1S/C13H18O2/c1-3-12(4-2)15-10-13(14)11-8-6-5-7-9-11/h5-9,12H,3-4,10H2,1-2H3. The summed E-state index contributed by atoms with van der Waals surface area (Å²) in [6.45, 7) is 4.33. The first kappa shape index (κ1) is 11.9. The van der Waals surface area contributed by atoms with Crippen molar-refractivity contribution in [2.75, 3.05) is 6.61 Å². The van der Waals surface area contributed by atoms with Crippen LogP contribution < -0.4 is 0 Å². The maximum absolute atomic E-state index is 11.7. The fourth-order valence-electron chi connectivity index (χ4n) is 1.43. The fraction of sp³-hybridized carbons (Fsp3) is 0.462. The van der Waals surface area contributed by atoms with Crippen molar-refractivity contribution in [3.05, 3.63) is 35.9 Å². The molecule has 1 aromatic rings. The molecule has 0 unspecified atom stereocenters. The molecule has 0 aromatic heterocycles. The summed E-state index contributed by atoms with van der Waals surface area (Å²) >= 11 is 0. The van der Waals surface area contributed by atoms with Gasteiger partial charge in [-0.2, -0.15) is 0 Å². The van der Waals surface area contributed by atoms with Crippen LogP contribution in [0.1, 0.15) is 37.0 Å². The van der Waals surface area contributed by atoms with Crippen molar-refractivity contribution >= 4 is 5.78 Å². The van der Waals surface area contributed by atoms with E-state index in [9.17, 15) is 4.79 Å². The summed E-state index contributed by atoms with van der Waals surface area (Å²) in [5.74, 6) is 0.0579. The average molecular weight is 206 g/mol. The van der Waals surface area contributed by atoms with Crippen molar-refractivity contribution in [2.24, 2.45) is 0 Å². The van der Waals surface area contributed by atoms with Gasteiger partial charge < -0.3 is 4.74 Å². The van der Waals surface area contributed by atoms with Gasteiger partial charge in [0.15, 0.2) is 5.78 Å². The van der Waals surface area contributed by atoms with Crippen LogP contribution in [0.5, 0.6) is 0 Å². The van der Waals surface area contributed by atoms with E-state index in [0.717, 1.165) is 18.4 Å². The maximum atomic E-state index is 11.7. The first-order chi connectivity index (χ1) is 7.27. The summed E-state index contributed by atoms with van der Waals surface area (Å²) in [5.41, 5.74) is 0.725. The molecule has 82 valence electrons. The third-order valence-electron chi connectivity index (χ3n) is 2.46. The number of ether oxygens (including phenoxy) is 1. The van der Waals surface area contributed by atoms with Crippen molar-refractivity contribution in [1.29, 1.82) is 0 Å². The van der Waals surface area contributed by atoms with E-state index in [1.165, 1.54) is 0 Å². The zero-order valence-corrected chi connectivity index (χ0v) is 9.40. The lowest BCUT2D eigenvalue weighted by Gasteiger charge is -2.12. The Balaban J connectivity index is 2.43. The van der Waals surface area contributed by atoms with Crippen LogP contribution in [0.2, 0.25) is 0 Å². The Morgan fingerprint density at radius 1 is 1.20 bits per heavy atom. The summed E-state index contributed by atoms with van der Waals surface area (Å²) in [6.07, 6.45) is 2.12. The van der Waals surface area contributed by atoms with Crippen LogP contribution in [0.3, 0.4) is 0 Å². The average Bonchev–Trinajstić information content (AvgIpc) is 2.31. The van der Waals surface area contributed by atoms with Crippen LogP contribution in [0, 0.1) is 0 Å². The molecule has 0 aliphatic rings. The van der Waals surface area contributed by atoms with Gasteiger partial charge in [0.05, 0.1) is 6.10 Å². The van der Waals surface area contributed by atoms with Gasteiger partial charge in [-0.15, -0.1) is 0 Å². The molecule has 1 rings (SSSR count). The van der Waals surface area contributed by atoms with Crippen molar-refractivity contribution in [3.63, 3.8) is 0 Å². The van der Waals surface area contributed by atoms with Crippen molar-refractivity contribution in [1.82, 2.24) is 0 Å². The van der Waals surface area contributed by atoms with E-state index < -0.39 is 0 Å². The molecule has 0 heterocycles. The smallest absolute Gasteiger partial charge is 0.188 e. The largest absolute Gasteiger partial charge is 0.370 e. The quantitative estimate of drug-likeness (QED) is 0.669. The molecule has 2 heteroatoms. The van der Waals surface area contributed by atoms with Gasteiger partial charge in [-0.25, -0.2) is 0 Å². The van der Waals surface area contributed by atoms with Gasteiger partial charge in [-0.05, 0) is 12.8 Å². The maximum Gasteiger partial charge on any atom is 0.188 e. The minimum Gasteiger partial charge on any atom is -0.370 e. The second-order valence-electron chi connectivity index (χ2n) is 3.54. The van der Waals surface area contributed by atoms with Crippen LogP contribution in [-0.4, -0.2) is 18.5 Å². The van der Waals surface area contributed by atoms with E-state index in [1.54, 1.807) is 0 Å². The molecular weight excluding hydrogens is 188 g/mol. The molecule has 0 amide bonds. The first-order valence-corrected chi connectivity index (χ1v) is 5.47. The Morgan fingerprint density at radius 2 is 1.80 bits per heavy atom. The normalized spacial score (nSPS) is 10.6. The highest BCUT2D eigenvalue weighted by Gasteiger charge is 2.08. The number of rotatable bonds is 6. The lowest BCUT2D eigenvalue weighted by Crippen LogP contribution is -2.17. The molecule has 0 N–H and O–H groups in total. The molecule has 0 bridgehead atoms. The van der Waals surface area contributed by atoms with Crippen molar-refractivity contribution in [2.45, 2.75) is 32.8 Å². The predicted molar refractivity (Wildman–Crippen MR) is 61.1 cm³/mol. The van der Waals surface area contributed by atoms with Gasteiger partial charge in [0.1, 0.15) is 6.61 Å². The molecule has 0 saturated heterocycles. The molecule has 0 spiro atoms. The van der Waals surface area contributed by atoms with Crippen LogP contribution in [0.25, 0.3) is 0 Å². The number of hydrogen-bond acceptors (Lipinski definition) is 2. The van der Waals surface area contributed by atoms with Crippen LogP contribution in [0.4, 0.5) is 0 Å². The monoisotopic (exact) mass is 206 g/mol. The summed E-state index contributed by atoms with van der Waals surface area (Å²) in [7, 11) is 0. The molecule has 0 atom stereocenters. The molecule has 2 nitrogen and oxygen atoms in total. The third kappa shape index (κ3) is 3.84. The van der Waals surface area contributed by atoms with Crippen molar-refractivity contribution in [3.8, 4) is 0 Å². The minimum atomic E-state index is 0.0579. The minimum absolute atomic E-state index is 0.0579. The molecular formula is C13H18O2. The van der Waals surface area contributed by atoms with Crippen molar-refractivity contribution < 1.29 is 9.53 Å². The van der Waals surface area contributed by atoms with Gasteiger partial charge in [0, 0.05) is 5.56 Å². The lowest BCUT2D eigenvalue weighted by molar-refractivity contribution is 0.0422. The number of carbonyl (C=O) groups excluding carboxylic acids is 1. The molecule has 0 aliphatic heterocycles. The predicted octanol–water partition coefficient (Wildman–Crippen LogP) is 3.07.